The topological polar surface area (TPSA) is 69.6 Å². The summed E-state index contributed by atoms with van der Waals surface area (Å²) in [6, 6.07) is 17.6. The number of para-hydroxylation sites is 2. The molecule has 1 heterocycles. The van der Waals surface area contributed by atoms with Gasteiger partial charge >= 0.3 is 0 Å². The van der Waals surface area contributed by atoms with Gasteiger partial charge in [0.2, 0.25) is 0 Å². The van der Waals surface area contributed by atoms with Gasteiger partial charge in [-0.2, -0.15) is 0 Å². The minimum absolute atomic E-state index is 0.186. The molecule has 0 fully saturated rings. The van der Waals surface area contributed by atoms with Gasteiger partial charge in [0.1, 0.15) is 11.5 Å². The molecule has 0 saturated heterocycles. The third kappa shape index (κ3) is 4.59. The number of anilines is 1. The predicted octanol–water partition coefficient (Wildman–Crippen LogP) is 3.56. The van der Waals surface area contributed by atoms with Crippen molar-refractivity contribution in [1.82, 2.24) is 4.57 Å². The third-order valence-corrected chi connectivity index (χ3v) is 4.17. The van der Waals surface area contributed by atoms with E-state index in [1.54, 1.807) is 25.4 Å². The molecule has 0 radical (unpaired) electrons. The maximum Gasteiger partial charge on any atom is 0.257 e. The van der Waals surface area contributed by atoms with Crippen molar-refractivity contribution in [2.45, 2.75) is 13.5 Å². The maximum absolute atomic E-state index is 12.7. The van der Waals surface area contributed by atoms with E-state index in [1.807, 2.05) is 43.3 Å². The Morgan fingerprint density at radius 1 is 1.07 bits per heavy atom. The Labute approximate surface area is 163 Å². The Balaban J connectivity index is 1.82. The van der Waals surface area contributed by atoms with E-state index >= 15 is 0 Å². The summed E-state index contributed by atoms with van der Waals surface area (Å²) < 4.78 is 12.3. The molecule has 6 heteroatoms. The Hall–Kier alpha value is -3.54. The molecular formula is C22H22N2O4. The first-order chi connectivity index (χ1) is 13.6. The van der Waals surface area contributed by atoms with Gasteiger partial charge in [0.05, 0.1) is 31.5 Å². The molecule has 2 aromatic carbocycles. The molecule has 0 aliphatic rings. The molecule has 0 atom stereocenters. The highest BCUT2D eigenvalue weighted by molar-refractivity contribution is 6.04. The monoisotopic (exact) mass is 378 g/mol. The molecular weight excluding hydrogens is 356 g/mol. The smallest absolute Gasteiger partial charge is 0.257 e. The van der Waals surface area contributed by atoms with Crippen LogP contribution in [-0.2, 0) is 6.54 Å². The van der Waals surface area contributed by atoms with Crippen molar-refractivity contribution >= 4 is 11.6 Å². The Kier molecular flexibility index (Phi) is 6.11. The summed E-state index contributed by atoms with van der Waals surface area (Å²) in [5.41, 5.74) is 1.68. The lowest BCUT2D eigenvalue weighted by Gasteiger charge is -2.12. The quantitative estimate of drug-likeness (QED) is 0.683. The summed E-state index contributed by atoms with van der Waals surface area (Å²) in [7, 11) is 1.59. The zero-order valence-corrected chi connectivity index (χ0v) is 15.8. The number of rotatable bonds is 7. The molecule has 1 aromatic heterocycles. The van der Waals surface area contributed by atoms with Crippen molar-refractivity contribution in [3.63, 3.8) is 0 Å². The second-order valence-electron chi connectivity index (χ2n) is 6.12. The number of methoxy groups -OCH3 is 1. The minimum atomic E-state index is -0.313. The number of pyridine rings is 1. The van der Waals surface area contributed by atoms with Crippen molar-refractivity contribution in [2.24, 2.45) is 0 Å². The number of carbonyl (C=O) groups is 1. The summed E-state index contributed by atoms with van der Waals surface area (Å²) >= 11 is 0. The summed E-state index contributed by atoms with van der Waals surface area (Å²) in [6.45, 7) is 2.72. The van der Waals surface area contributed by atoms with Gasteiger partial charge in [-0.15, -0.1) is 0 Å². The lowest BCUT2D eigenvalue weighted by Crippen LogP contribution is -2.22. The van der Waals surface area contributed by atoms with Crippen molar-refractivity contribution in [3.8, 4) is 11.5 Å². The van der Waals surface area contributed by atoms with Crippen LogP contribution in [0.2, 0.25) is 0 Å². The van der Waals surface area contributed by atoms with Crippen LogP contribution in [0.3, 0.4) is 0 Å². The standard InChI is InChI=1S/C22H22N2O4/c1-3-28-20-10-5-4-9-19(20)23-22(26)17-11-12-21(25)24(15-17)14-16-7-6-8-18(13-16)27-2/h4-13,15H,3,14H2,1-2H3,(H,23,26). The van der Waals surface area contributed by atoms with E-state index in [0.717, 1.165) is 5.56 Å². The highest BCUT2D eigenvalue weighted by Crippen LogP contribution is 2.24. The SMILES string of the molecule is CCOc1ccccc1NC(=O)c1ccc(=O)n(Cc2cccc(OC)c2)c1. The predicted molar refractivity (Wildman–Crippen MR) is 108 cm³/mol. The van der Waals surface area contributed by atoms with Gasteiger partial charge in [-0.3, -0.25) is 9.59 Å². The normalized spacial score (nSPS) is 10.4. The summed E-state index contributed by atoms with van der Waals surface area (Å²) in [6.07, 6.45) is 1.56. The first kappa shape index (κ1) is 19.2. The molecule has 144 valence electrons. The summed E-state index contributed by atoms with van der Waals surface area (Å²) in [5, 5.41) is 2.84. The number of nitrogens with zero attached hydrogens (tertiary/aromatic N) is 1. The first-order valence-corrected chi connectivity index (χ1v) is 8.97. The summed E-state index contributed by atoms with van der Waals surface area (Å²) in [5.74, 6) is 1.00. The third-order valence-electron chi connectivity index (χ3n) is 4.17. The van der Waals surface area contributed by atoms with Crippen molar-refractivity contribution in [2.75, 3.05) is 19.0 Å². The van der Waals surface area contributed by atoms with Crippen LogP contribution in [0.1, 0.15) is 22.8 Å². The molecule has 1 N–H and O–H groups in total. The van der Waals surface area contributed by atoms with Gasteiger partial charge in [-0.25, -0.2) is 0 Å². The van der Waals surface area contributed by atoms with Crippen LogP contribution in [0.25, 0.3) is 0 Å². The van der Waals surface area contributed by atoms with Crippen LogP contribution in [0.5, 0.6) is 11.5 Å². The van der Waals surface area contributed by atoms with Gasteiger partial charge in [0.25, 0.3) is 11.5 Å². The molecule has 0 spiro atoms. The van der Waals surface area contributed by atoms with Crippen LogP contribution in [0.4, 0.5) is 5.69 Å². The number of benzene rings is 2. The average molecular weight is 378 g/mol. The van der Waals surface area contributed by atoms with Gasteiger partial charge in [0.15, 0.2) is 0 Å². The highest BCUT2D eigenvalue weighted by atomic mass is 16.5. The summed E-state index contributed by atoms with van der Waals surface area (Å²) in [4.78, 5) is 24.9. The van der Waals surface area contributed by atoms with Gasteiger partial charge in [-0.05, 0) is 42.8 Å². The van der Waals surface area contributed by atoms with Gasteiger partial charge in [-0.1, -0.05) is 24.3 Å². The van der Waals surface area contributed by atoms with Crippen LogP contribution >= 0.6 is 0 Å². The maximum atomic E-state index is 12.7. The van der Waals surface area contributed by atoms with Crippen molar-refractivity contribution in [3.05, 3.63) is 88.3 Å². The molecule has 3 rings (SSSR count). The fraction of sp³-hybridized carbons (Fsp3) is 0.182. The van der Waals surface area contributed by atoms with E-state index in [9.17, 15) is 9.59 Å². The van der Waals surface area contributed by atoms with Gasteiger partial charge in [0, 0.05) is 12.3 Å². The lowest BCUT2D eigenvalue weighted by atomic mass is 10.2. The van der Waals surface area contributed by atoms with Crippen molar-refractivity contribution < 1.29 is 14.3 Å². The fourth-order valence-corrected chi connectivity index (χ4v) is 2.80. The second-order valence-corrected chi connectivity index (χ2v) is 6.12. The molecule has 0 saturated carbocycles. The fourth-order valence-electron chi connectivity index (χ4n) is 2.80. The average Bonchev–Trinajstić information content (AvgIpc) is 2.71. The molecule has 0 aliphatic heterocycles. The minimum Gasteiger partial charge on any atom is -0.497 e. The van der Waals surface area contributed by atoms with E-state index in [0.29, 0.717) is 35.9 Å². The van der Waals surface area contributed by atoms with Crippen LogP contribution < -0.4 is 20.3 Å². The zero-order valence-electron chi connectivity index (χ0n) is 15.8. The van der Waals surface area contributed by atoms with Crippen molar-refractivity contribution in [1.29, 1.82) is 0 Å². The zero-order chi connectivity index (χ0) is 19.9. The van der Waals surface area contributed by atoms with E-state index < -0.39 is 0 Å². The lowest BCUT2D eigenvalue weighted by molar-refractivity contribution is 0.102. The number of amides is 1. The molecule has 6 nitrogen and oxygen atoms in total. The largest absolute Gasteiger partial charge is 0.497 e. The van der Waals surface area contributed by atoms with E-state index in [4.69, 9.17) is 9.47 Å². The number of hydrogen-bond donors (Lipinski definition) is 1. The number of hydrogen-bond acceptors (Lipinski definition) is 4. The Morgan fingerprint density at radius 2 is 1.89 bits per heavy atom. The molecule has 0 bridgehead atoms. The molecule has 0 aliphatic carbocycles. The Bertz CT molecular complexity index is 1030. The molecule has 3 aromatic rings. The van der Waals surface area contributed by atoms with E-state index in [2.05, 4.69) is 5.32 Å². The van der Waals surface area contributed by atoms with Crippen LogP contribution in [-0.4, -0.2) is 24.2 Å². The Morgan fingerprint density at radius 3 is 2.68 bits per heavy atom. The molecule has 28 heavy (non-hydrogen) atoms. The number of aromatic nitrogens is 1. The van der Waals surface area contributed by atoms with Gasteiger partial charge < -0.3 is 19.4 Å². The van der Waals surface area contributed by atoms with E-state index in [1.165, 1.54) is 16.7 Å². The number of ether oxygens (including phenoxy) is 2. The number of carbonyl (C=O) groups excluding carboxylic acids is 1. The van der Waals surface area contributed by atoms with Crippen LogP contribution in [0, 0.1) is 0 Å². The molecule has 0 unspecified atom stereocenters. The first-order valence-electron chi connectivity index (χ1n) is 8.97. The van der Waals surface area contributed by atoms with E-state index in [-0.39, 0.29) is 11.5 Å². The number of nitrogens with one attached hydrogen (secondary N) is 1. The molecule has 1 amide bonds. The second kappa shape index (κ2) is 8.90. The highest BCUT2D eigenvalue weighted by Gasteiger charge is 2.11. The van der Waals surface area contributed by atoms with Crippen LogP contribution in [0.15, 0.2) is 71.7 Å².